The lowest BCUT2D eigenvalue weighted by Gasteiger charge is -2.07. The van der Waals surface area contributed by atoms with Crippen LogP contribution in [0.3, 0.4) is 0 Å². The molecule has 0 aromatic heterocycles. The largest absolute Gasteiger partial charge is 0.375 e. The van der Waals surface area contributed by atoms with E-state index in [-0.39, 0.29) is 6.10 Å². The van der Waals surface area contributed by atoms with E-state index >= 15 is 0 Å². The molecule has 1 aliphatic rings. The summed E-state index contributed by atoms with van der Waals surface area (Å²) in [5.74, 6) is 0. The van der Waals surface area contributed by atoms with Gasteiger partial charge in [0.2, 0.25) is 0 Å². The number of halogens is 1. The third-order valence-corrected chi connectivity index (χ3v) is 2.41. The molecule has 1 nitrogen and oxygen atoms in total. The van der Waals surface area contributed by atoms with Crippen molar-refractivity contribution in [1.29, 1.82) is 0 Å². The molecule has 0 N–H and O–H groups in total. The second-order valence-electron chi connectivity index (χ2n) is 3.64. The Labute approximate surface area is 74.3 Å². The molecule has 2 heteroatoms. The van der Waals surface area contributed by atoms with Crippen LogP contribution >= 0.6 is 0 Å². The number of rotatable bonds is 5. The number of ether oxygens (including phenoxy) is 1. The Morgan fingerprint density at radius 1 is 1.33 bits per heavy atom. The highest BCUT2D eigenvalue weighted by molar-refractivity contribution is 4.72. The molecule has 72 valence electrons. The quantitative estimate of drug-likeness (QED) is 0.582. The van der Waals surface area contributed by atoms with E-state index in [1.807, 2.05) is 0 Å². The van der Waals surface area contributed by atoms with Gasteiger partial charge in [-0.1, -0.05) is 32.6 Å². The number of hydrogen-bond acceptors (Lipinski definition) is 1. The Morgan fingerprint density at radius 2 is 2.17 bits per heavy atom. The van der Waals surface area contributed by atoms with Crippen molar-refractivity contribution in [2.45, 2.75) is 57.7 Å². The average molecular weight is 174 g/mol. The van der Waals surface area contributed by atoms with Gasteiger partial charge in [0.05, 0.1) is 12.7 Å². The zero-order valence-electron chi connectivity index (χ0n) is 7.89. The molecule has 0 bridgehead atoms. The van der Waals surface area contributed by atoms with Gasteiger partial charge in [-0.3, -0.25) is 0 Å². The van der Waals surface area contributed by atoms with Crippen molar-refractivity contribution in [1.82, 2.24) is 0 Å². The zero-order chi connectivity index (χ0) is 8.81. The topological polar surface area (TPSA) is 9.23 Å². The first-order chi connectivity index (χ1) is 5.83. The van der Waals surface area contributed by atoms with E-state index in [9.17, 15) is 4.39 Å². The molecule has 2 atom stereocenters. The van der Waals surface area contributed by atoms with Gasteiger partial charge in [0.15, 0.2) is 0 Å². The van der Waals surface area contributed by atoms with Crippen molar-refractivity contribution in [2.75, 3.05) is 6.61 Å². The highest BCUT2D eigenvalue weighted by atomic mass is 19.1. The molecule has 0 aromatic rings. The predicted molar refractivity (Wildman–Crippen MR) is 48.0 cm³/mol. The first-order valence-electron chi connectivity index (χ1n) is 5.08. The maximum atomic E-state index is 12.6. The second kappa shape index (κ2) is 5.52. The van der Waals surface area contributed by atoms with Crippen molar-refractivity contribution < 1.29 is 9.13 Å². The van der Waals surface area contributed by atoms with Gasteiger partial charge in [-0.2, -0.15) is 0 Å². The Hall–Kier alpha value is -0.110. The van der Waals surface area contributed by atoms with E-state index in [0.717, 1.165) is 6.42 Å². The van der Waals surface area contributed by atoms with Crippen LogP contribution in [0.15, 0.2) is 0 Å². The SMILES string of the molecule is CCCCCC[C@H]1C[C@H](F)CO1. The Bertz CT molecular complexity index is 116. The van der Waals surface area contributed by atoms with Gasteiger partial charge in [0, 0.05) is 6.42 Å². The summed E-state index contributed by atoms with van der Waals surface area (Å²) in [5, 5.41) is 0. The minimum absolute atomic E-state index is 0.219. The van der Waals surface area contributed by atoms with Crippen molar-refractivity contribution in [3.8, 4) is 0 Å². The summed E-state index contributed by atoms with van der Waals surface area (Å²) in [6.45, 7) is 2.53. The lowest BCUT2D eigenvalue weighted by Crippen LogP contribution is -2.04. The molecule has 1 rings (SSSR count). The summed E-state index contributed by atoms with van der Waals surface area (Å²) in [6, 6.07) is 0. The van der Waals surface area contributed by atoms with Crippen LogP contribution in [0.4, 0.5) is 4.39 Å². The van der Waals surface area contributed by atoms with E-state index in [2.05, 4.69) is 6.92 Å². The van der Waals surface area contributed by atoms with Crippen molar-refractivity contribution in [3.05, 3.63) is 0 Å². The standard InChI is InChI=1S/C10H19FO/c1-2-3-4-5-6-10-7-9(11)8-12-10/h9-10H,2-8H2,1H3/t9-,10-/m0/s1. The Morgan fingerprint density at radius 3 is 2.75 bits per heavy atom. The fourth-order valence-corrected chi connectivity index (χ4v) is 1.66. The minimum atomic E-state index is -0.693. The third kappa shape index (κ3) is 3.53. The first kappa shape index (κ1) is 9.97. The van der Waals surface area contributed by atoms with Crippen molar-refractivity contribution in [3.63, 3.8) is 0 Å². The van der Waals surface area contributed by atoms with Gasteiger partial charge in [0.25, 0.3) is 0 Å². The monoisotopic (exact) mass is 174 g/mol. The summed E-state index contributed by atoms with van der Waals surface area (Å²) in [5.41, 5.74) is 0. The maximum absolute atomic E-state index is 12.6. The van der Waals surface area contributed by atoms with Crippen LogP contribution < -0.4 is 0 Å². The molecule has 0 saturated carbocycles. The molecule has 0 aliphatic carbocycles. The van der Waals surface area contributed by atoms with Gasteiger partial charge >= 0.3 is 0 Å². The highest BCUT2D eigenvalue weighted by Crippen LogP contribution is 2.20. The molecular formula is C10H19FO. The molecule has 12 heavy (non-hydrogen) atoms. The molecule has 1 heterocycles. The summed E-state index contributed by atoms with van der Waals surface area (Å²) in [4.78, 5) is 0. The van der Waals surface area contributed by atoms with Crippen LogP contribution in [0.2, 0.25) is 0 Å². The van der Waals surface area contributed by atoms with Gasteiger partial charge in [0.1, 0.15) is 6.17 Å². The van der Waals surface area contributed by atoms with Crippen LogP contribution in [0.1, 0.15) is 45.4 Å². The molecule has 1 aliphatic heterocycles. The molecular weight excluding hydrogens is 155 g/mol. The lowest BCUT2D eigenvalue weighted by molar-refractivity contribution is 0.0950. The normalized spacial score (nSPS) is 29.5. The fraction of sp³-hybridized carbons (Fsp3) is 1.00. The number of unbranched alkanes of at least 4 members (excludes halogenated alkanes) is 3. The van der Waals surface area contributed by atoms with Gasteiger partial charge in [-0.25, -0.2) is 4.39 Å². The van der Waals surface area contributed by atoms with E-state index < -0.39 is 6.17 Å². The van der Waals surface area contributed by atoms with Gasteiger partial charge < -0.3 is 4.74 Å². The fourth-order valence-electron chi connectivity index (χ4n) is 1.66. The van der Waals surface area contributed by atoms with E-state index in [0.29, 0.717) is 13.0 Å². The molecule has 0 spiro atoms. The van der Waals surface area contributed by atoms with Crippen LogP contribution in [-0.2, 0) is 4.74 Å². The summed E-state index contributed by atoms with van der Waals surface area (Å²) >= 11 is 0. The number of hydrogen-bond donors (Lipinski definition) is 0. The van der Waals surface area contributed by atoms with Crippen LogP contribution in [-0.4, -0.2) is 18.9 Å². The number of alkyl halides is 1. The second-order valence-corrected chi connectivity index (χ2v) is 3.64. The van der Waals surface area contributed by atoms with E-state index in [1.54, 1.807) is 0 Å². The Balaban J connectivity index is 1.93. The predicted octanol–water partition coefficient (Wildman–Crippen LogP) is 3.08. The van der Waals surface area contributed by atoms with Crippen LogP contribution in [0, 0.1) is 0 Å². The van der Waals surface area contributed by atoms with E-state index in [1.165, 1.54) is 25.7 Å². The first-order valence-corrected chi connectivity index (χ1v) is 5.08. The molecule has 1 fully saturated rings. The van der Waals surface area contributed by atoms with Crippen LogP contribution in [0.5, 0.6) is 0 Å². The van der Waals surface area contributed by atoms with Crippen molar-refractivity contribution >= 4 is 0 Å². The average Bonchev–Trinajstić information content (AvgIpc) is 2.45. The zero-order valence-corrected chi connectivity index (χ0v) is 7.89. The van der Waals surface area contributed by atoms with Gasteiger partial charge in [-0.15, -0.1) is 0 Å². The lowest BCUT2D eigenvalue weighted by atomic mass is 10.1. The summed E-state index contributed by atoms with van der Waals surface area (Å²) in [7, 11) is 0. The highest BCUT2D eigenvalue weighted by Gasteiger charge is 2.23. The molecule has 0 amide bonds. The third-order valence-electron chi connectivity index (χ3n) is 2.41. The summed E-state index contributed by atoms with van der Waals surface area (Å²) in [6.07, 6.45) is 6.24. The smallest absolute Gasteiger partial charge is 0.126 e. The molecule has 1 saturated heterocycles. The Kier molecular flexibility index (Phi) is 4.59. The molecule has 0 unspecified atom stereocenters. The van der Waals surface area contributed by atoms with E-state index in [4.69, 9.17) is 4.74 Å². The minimum Gasteiger partial charge on any atom is -0.375 e. The molecule has 0 radical (unpaired) electrons. The maximum Gasteiger partial charge on any atom is 0.126 e. The van der Waals surface area contributed by atoms with Crippen molar-refractivity contribution in [2.24, 2.45) is 0 Å². The summed E-state index contributed by atoms with van der Waals surface area (Å²) < 4.78 is 17.9. The molecule has 0 aromatic carbocycles. The van der Waals surface area contributed by atoms with Crippen LogP contribution in [0.25, 0.3) is 0 Å². The van der Waals surface area contributed by atoms with Gasteiger partial charge in [-0.05, 0) is 6.42 Å².